The summed E-state index contributed by atoms with van der Waals surface area (Å²) < 4.78 is 6.11. The van der Waals surface area contributed by atoms with Gasteiger partial charge in [-0.2, -0.15) is 5.06 Å². The van der Waals surface area contributed by atoms with E-state index in [1.807, 2.05) is 72.5 Å². The van der Waals surface area contributed by atoms with Gasteiger partial charge < -0.3 is 35.0 Å². The van der Waals surface area contributed by atoms with Gasteiger partial charge in [0, 0.05) is 74.6 Å². The molecule has 0 radical (unpaired) electrons. The van der Waals surface area contributed by atoms with Crippen LogP contribution in [0.2, 0.25) is 0 Å². The lowest BCUT2D eigenvalue weighted by Crippen LogP contribution is -2.62. The van der Waals surface area contributed by atoms with Crippen LogP contribution >= 0.6 is 0 Å². The van der Waals surface area contributed by atoms with Gasteiger partial charge in [0.2, 0.25) is 11.8 Å². The molecule has 2 bridgehead atoms. The lowest BCUT2D eigenvalue weighted by Gasteiger charge is -2.62. The zero-order valence-electron chi connectivity index (χ0n) is 35.4. The van der Waals surface area contributed by atoms with Crippen LogP contribution in [0.5, 0.6) is 5.75 Å². The van der Waals surface area contributed by atoms with Crippen LogP contribution in [0.3, 0.4) is 0 Å². The average molecular weight is 786 g/mol. The Bertz CT molecular complexity index is 1730. The summed E-state index contributed by atoms with van der Waals surface area (Å²) >= 11 is 0. The molecule has 3 N–H and O–H groups in total. The Morgan fingerprint density at radius 3 is 2.54 bits per heavy atom. The fraction of sp³-hybridized carbons (Fsp3) is 0.565. The number of aliphatic hydroxyl groups excluding tert-OH is 2. The lowest BCUT2D eigenvalue weighted by atomic mass is 9.45. The first-order chi connectivity index (χ1) is 27.1. The smallest absolute Gasteiger partial charge is 0.246 e. The van der Waals surface area contributed by atoms with Crippen LogP contribution in [0, 0.1) is 29.1 Å². The standard InChI is InChI=1S/C46H67N5O6/c1-11-12-13-14-15-18-36-28-49(9)22-23-50(36)41(54)21-20-33(24-30(2)48(7)8)37-19-16-17-34(44(37)56-10)27-51-43(42(32(4)53)40(29-52)57-51)45(55)47-39-26-35-25-38(31(39)3)46(35,5)6/h11-17,19-21,24,31-32,35-36,38-40,42-43,52-53H,1-2,18,22-23,25-29H2,3-10H3,(H,47,55)/b13-12-,15-14+,21-20+,33-24+/t31-,32-,35-,36-,38+,39-,40-,42+,43-/m0/s1. The number of aliphatic hydroxyl groups is 2. The second kappa shape index (κ2) is 19.2. The number of para-hydroxylation sites is 1. The number of nitrogens with one attached hydrogen (secondary N) is 1. The molecule has 2 heterocycles. The van der Waals surface area contributed by atoms with E-state index < -0.39 is 24.2 Å². The average Bonchev–Trinajstić information content (AvgIpc) is 3.55. The molecule has 5 fully saturated rings. The number of hydrogen-bond donors (Lipinski definition) is 3. The van der Waals surface area contributed by atoms with Crippen molar-refractivity contribution in [2.75, 3.05) is 54.5 Å². The summed E-state index contributed by atoms with van der Waals surface area (Å²) in [4.78, 5) is 40.6. The van der Waals surface area contributed by atoms with E-state index in [1.165, 1.54) is 6.42 Å². The number of piperazine rings is 1. The normalized spacial score (nSPS) is 29.8. The summed E-state index contributed by atoms with van der Waals surface area (Å²) in [6.45, 7) is 18.5. The highest BCUT2D eigenvalue weighted by Crippen LogP contribution is 2.61. The van der Waals surface area contributed by atoms with Crippen molar-refractivity contribution in [1.82, 2.24) is 25.1 Å². The minimum absolute atomic E-state index is 0.0222. The fourth-order valence-corrected chi connectivity index (χ4v) is 9.57. The van der Waals surface area contributed by atoms with E-state index in [1.54, 1.807) is 31.2 Å². The highest BCUT2D eigenvalue weighted by atomic mass is 16.7. The molecule has 0 spiro atoms. The van der Waals surface area contributed by atoms with Crippen molar-refractivity contribution in [3.05, 3.63) is 96.8 Å². The van der Waals surface area contributed by atoms with Crippen LogP contribution in [-0.4, -0.2) is 127 Å². The van der Waals surface area contributed by atoms with Crippen molar-refractivity contribution in [1.29, 1.82) is 0 Å². The number of amides is 2. The molecule has 312 valence electrons. The number of allylic oxidation sites excluding steroid dienone is 7. The van der Waals surface area contributed by atoms with E-state index in [0.29, 0.717) is 30.0 Å². The molecule has 1 aromatic carbocycles. The first-order valence-corrected chi connectivity index (χ1v) is 20.5. The van der Waals surface area contributed by atoms with Crippen LogP contribution < -0.4 is 10.1 Å². The predicted octanol–water partition coefficient (Wildman–Crippen LogP) is 5.20. The molecule has 57 heavy (non-hydrogen) atoms. The molecule has 1 aromatic rings. The van der Waals surface area contributed by atoms with Gasteiger partial charge >= 0.3 is 0 Å². The number of hydrogen-bond acceptors (Lipinski definition) is 9. The Labute approximate surface area is 341 Å². The summed E-state index contributed by atoms with van der Waals surface area (Å²) in [7, 11) is 7.50. The molecule has 9 atom stereocenters. The van der Waals surface area contributed by atoms with E-state index in [9.17, 15) is 19.8 Å². The van der Waals surface area contributed by atoms with Crippen molar-refractivity contribution in [2.24, 2.45) is 29.1 Å². The van der Waals surface area contributed by atoms with Crippen LogP contribution in [0.4, 0.5) is 0 Å². The van der Waals surface area contributed by atoms with Gasteiger partial charge in [-0.1, -0.05) is 82.5 Å². The van der Waals surface area contributed by atoms with E-state index in [2.05, 4.69) is 57.3 Å². The van der Waals surface area contributed by atoms with Crippen molar-refractivity contribution >= 4 is 17.4 Å². The van der Waals surface area contributed by atoms with Crippen LogP contribution in [0.15, 0.2) is 85.7 Å². The van der Waals surface area contributed by atoms with Gasteiger partial charge in [-0.15, -0.1) is 0 Å². The summed E-state index contributed by atoms with van der Waals surface area (Å²) in [5, 5.41) is 26.3. The maximum Gasteiger partial charge on any atom is 0.246 e. The van der Waals surface area contributed by atoms with Gasteiger partial charge in [0.25, 0.3) is 0 Å². The summed E-state index contributed by atoms with van der Waals surface area (Å²) in [6, 6.07) is 4.97. The van der Waals surface area contributed by atoms with E-state index >= 15 is 0 Å². The molecule has 2 aliphatic heterocycles. The summed E-state index contributed by atoms with van der Waals surface area (Å²) in [6.07, 6.45) is 16.1. The number of nitrogens with zero attached hydrogens (tertiary/aromatic N) is 4. The van der Waals surface area contributed by atoms with E-state index in [-0.39, 0.29) is 42.5 Å². The maximum atomic E-state index is 14.3. The molecule has 2 amide bonds. The van der Waals surface area contributed by atoms with Gasteiger partial charge in [-0.25, -0.2) is 0 Å². The van der Waals surface area contributed by atoms with Gasteiger partial charge in [-0.3, -0.25) is 14.4 Å². The highest BCUT2D eigenvalue weighted by molar-refractivity contribution is 5.92. The molecular weight excluding hydrogens is 719 g/mol. The Hall–Kier alpha value is -4.00. The minimum atomic E-state index is -0.911. The number of likely N-dealkylation sites (N-methyl/N-ethyl adjacent to an activating group) is 2. The second-order valence-electron chi connectivity index (χ2n) is 17.3. The maximum absolute atomic E-state index is 14.3. The second-order valence-corrected chi connectivity index (χ2v) is 17.3. The third kappa shape index (κ3) is 9.83. The van der Waals surface area contributed by atoms with Crippen LogP contribution in [0.1, 0.15) is 58.1 Å². The lowest BCUT2D eigenvalue weighted by molar-refractivity contribution is -0.183. The third-order valence-corrected chi connectivity index (χ3v) is 13.2. The fourth-order valence-electron chi connectivity index (χ4n) is 9.57. The molecule has 3 saturated carbocycles. The molecule has 0 aromatic heterocycles. The van der Waals surface area contributed by atoms with Crippen LogP contribution in [0.25, 0.3) is 5.57 Å². The van der Waals surface area contributed by atoms with Crippen molar-refractivity contribution in [3.8, 4) is 5.75 Å². The minimum Gasteiger partial charge on any atom is -0.496 e. The molecule has 0 unspecified atom stereocenters. The number of carbonyl (C=O) groups excluding carboxylic acids is 2. The summed E-state index contributed by atoms with van der Waals surface area (Å²) in [5.41, 5.74) is 3.20. The third-order valence-electron chi connectivity index (χ3n) is 13.2. The molecule has 5 aliphatic rings. The quantitative estimate of drug-likeness (QED) is 0.154. The molecule has 3 aliphatic carbocycles. The van der Waals surface area contributed by atoms with Crippen molar-refractivity contribution < 1.29 is 29.4 Å². The van der Waals surface area contributed by atoms with Gasteiger partial charge in [-0.05, 0) is 74.1 Å². The Morgan fingerprint density at radius 2 is 1.91 bits per heavy atom. The predicted molar refractivity (Wildman–Crippen MR) is 227 cm³/mol. The van der Waals surface area contributed by atoms with E-state index in [4.69, 9.17) is 9.57 Å². The molecule has 11 heteroatoms. The number of benzene rings is 1. The number of rotatable bonds is 16. The Balaban J connectivity index is 1.43. The van der Waals surface area contributed by atoms with Crippen molar-refractivity contribution in [3.63, 3.8) is 0 Å². The number of methoxy groups -OCH3 is 1. The first kappa shape index (κ1) is 44.1. The van der Waals surface area contributed by atoms with Gasteiger partial charge in [0.1, 0.15) is 17.9 Å². The van der Waals surface area contributed by atoms with Gasteiger partial charge in [0.15, 0.2) is 0 Å². The number of ether oxygens (including phenoxy) is 1. The van der Waals surface area contributed by atoms with Crippen LogP contribution in [-0.2, 0) is 21.0 Å². The topological polar surface area (TPSA) is 118 Å². The monoisotopic (exact) mass is 786 g/mol. The Morgan fingerprint density at radius 1 is 1.16 bits per heavy atom. The Kier molecular flexibility index (Phi) is 14.8. The largest absolute Gasteiger partial charge is 0.496 e. The van der Waals surface area contributed by atoms with E-state index in [0.717, 1.165) is 48.3 Å². The molecule has 6 rings (SSSR count). The number of carbonyl (C=O) groups is 2. The SMILES string of the molecule is C=C/C=C\C=C\C[C@H]1CN(C)CCN1C(=O)/C=C/C(=C\C(=C)N(C)C)c1cccc(CN2O[C@@H](CO)[C@@H]([C@H](C)O)[C@H]2C(=O)N[C@H]2C[C@@H]3C[C@H]([C@@H]2C)C3(C)C)c1OC. The number of fused-ring (bicyclic) bond motifs is 2. The first-order valence-electron chi connectivity index (χ1n) is 20.5. The van der Waals surface area contributed by atoms with Gasteiger partial charge in [0.05, 0.1) is 26.4 Å². The van der Waals surface area contributed by atoms with Crippen molar-refractivity contribution in [2.45, 2.75) is 83.8 Å². The zero-order chi connectivity index (χ0) is 41.6. The molecule has 11 nitrogen and oxygen atoms in total. The zero-order valence-corrected chi connectivity index (χ0v) is 35.4. The molecule has 2 saturated heterocycles. The number of hydroxylamine groups is 2. The molecular formula is C46H67N5O6. The summed E-state index contributed by atoms with van der Waals surface area (Å²) in [5.74, 6) is 1.05. The highest BCUT2D eigenvalue weighted by Gasteiger charge is 2.57.